The van der Waals surface area contributed by atoms with E-state index in [0.717, 1.165) is 77.5 Å². The first-order chi connectivity index (χ1) is 29.7. The SMILES string of the molecule is c1ccc(-c2nc(-c3ccc(-c4ccc(-n5c6ccccc6c6ccc(-c7cccc8oc9ccccc9c78)cc65)cc4)cc3)nc(-c3ccc4ccccc4c3)n2)cc1. The number of para-hydroxylation sites is 2. The van der Waals surface area contributed by atoms with Gasteiger partial charge in [0.2, 0.25) is 0 Å². The molecule has 0 amide bonds. The lowest BCUT2D eigenvalue weighted by atomic mass is 9.98. The van der Waals surface area contributed by atoms with Gasteiger partial charge in [-0.2, -0.15) is 0 Å². The van der Waals surface area contributed by atoms with Crippen LogP contribution in [0, 0.1) is 0 Å². The van der Waals surface area contributed by atoms with Crippen LogP contribution in [0.1, 0.15) is 0 Å². The Morgan fingerprint density at radius 3 is 1.70 bits per heavy atom. The Morgan fingerprint density at radius 1 is 0.333 bits per heavy atom. The largest absolute Gasteiger partial charge is 0.456 e. The number of aromatic nitrogens is 4. The van der Waals surface area contributed by atoms with Crippen LogP contribution in [-0.4, -0.2) is 19.5 Å². The van der Waals surface area contributed by atoms with Crippen molar-refractivity contribution < 1.29 is 4.42 Å². The lowest BCUT2D eigenvalue weighted by Gasteiger charge is -2.11. The summed E-state index contributed by atoms with van der Waals surface area (Å²) in [6.45, 7) is 0. The molecular weight excluding hydrogens is 733 g/mol. The molecule has 0 saturated carbocycles. The van der Waals surface area contributed by atoms with Gasteiger partial charge >= 0.3 is 0 Å². The third-order valence-corrected chi connectivity index (χ3v) is 11.7. The summed E-state index contributed by atoms with van der Waals surface area (Å²) in [5.41, 5.74) is 12.6. The van der Waals surface area contributed by atoms with Crippen LogP contribution < -0.4 is 0 Å². The number of hydrogen-bond acceptors (Lipinski definition) is 4. The van der Waals surface area contributed by atoms with Crippen LogP contribution in [0.5, 0.6) is 0 Å². The van der Waals surface area contributed by atoms with E-state index < -0.39 is 0 Å². The van der Waals surface area contributed by atoms with Crippen molar-refractivity contribution in [3.8, 4) is 62.1 Å². The first kappa shape index (κ1) is 33.9. The standard InChI is InChI=1S/C55H34N4O/c1-2-12-38(13-3-1)53-56-54(58-55(57-53)42-26-23-35-11-4-5-14-40(35)33-42)39-24-21-36(22-25-39)37-27-30-43(31-28-37)59-48-18-8-6-15-45(48)46-32-29-41(34-49(46)59)44-17-10-20-51-52(44)47-16-7-9-19-50(47)60-51/h1-34H. The molecule has 0 N–H and O–H groups in total. The molecule has 0 spiro atoms. The summed E-state index contributed by atoms with van der Waals surface area (Å²) in [7, 11) is 0. The highest BCUT2D eigenvalue weighted by atomic mass is 16.3. The third kappa shape index (κ3) is 5.67. The Bertz CT molecular complexity index is 3580. The number of benzene rings is 9. The molecule has 0 aliphatic carbocycles. The van der Waals surface area contributed by atoms with E-state index in [2.05, 4.69) is 168 Å². The molecule has 0 fully saturated rings. The maximum absolute atomic E-state index is 6.26. The van der Waals surface area contributed by atoms with E-state index in [0.29, 0.717) is 17.5 Å². The van der Waals surface area contributed by atoms with Crippen LogP contribution in [0.3, 0.4) is 0 Å². The summed E-state index contributed by atoms with van der Waals surface area (Å²) in [4.78, 5) is 14.9. The molecule has 12 rings (SSSR count). The van der Waals surface area contributed by atoms with Gasteiger partial charge in [-0.15, -0.1) is 0 Å². The van der Waals surface area contributed by atoms with Crippen molar-refractivity contribution in [1.82, 2.24) is 19.5 Å². The average Bonchev–Trinajstić information content (AvgIpc) is 3.87. The Labute approximate surface area is 345 Å². The van der Waals surface area contributed by atoms with Crippen LogP contribution in [-0.2, 0) is 0 Å². The number of hydrogen-bond donors (Lipinski definition) is 0. The molecule has 0 aliphatic rings. The molecule has 0 bridgehead atoms. The van der Waals surface area contributed by atoms with Gasteiger partial charge in [-0.3, -0.25) is 0 Å². The Morgan fingerprint density at radius 2 is 0.900 bits per heavy atom. The van der Waals surface area contributed by atoms with E-state index in [1.165, 1.54) is 21.7 Å². The molecule has 12 aromatic rings. The van der Waals surface area contributed by atoms with Gasteiger partial charge in [0.1, 0.15) is 11.2 Å². The van der Waals surface area contributed by atoms with Crippen LogP contribution in [0.4, 0.5) is 0 Å². The van der Waals surface area contributed by atoms with Crippen molar-refractivity contribution >= 4 is 54.5 Å². The first-order valence-corrected chi connectivity index (χ1v) is 20.2. The third-order valence-electron chi connectivity index (χ3n) is 11.7. The van der Waals surface area contributed by atoms with E-state index in [1.807, 2.05) is 42.5 Å². The summed E-state index contributed by atoms with van der Waals surface area (Å²) >= 11 is 0. The van der Waals surface area contributed by atoms with E-state index in [4.69, 9.17) is 19.4 Å². The second-order valence-corrected chi connectivity index (χ2v) is 15.2. The molecule has 0 atom stereocenters. The van der Waals surface area contributed by atoms with E-state index >= 15 is 0 Å². The number of fused-ring (bicyclic) bond motifs is 7. The molecule has 280 valence electrons. The lowest BCUT2D eigenvalue weighted by molar-refractivity contribution is 0.669. The van der Waals surface area contributed by atoms with E-state index in [9.17, 15) is 0 Å². The van der Waals surface area contributed by atoms with Crippen molar-refractivity contribution in [3.05, 3.63) is 206 Å². The second kappa shape index (κ2) is 13.8. The smallest absolute Gasteiger partial charge is 0.164 e. The molecular formula is C55H34N4O. The van der Waals surface area contributed by atoms with Crippen LogP contribution in [0.2, 0.25) is 0 Å². The first-order valence-electron chi connectivity index (χ1n) is 20.2. The molecule has 0 unspecified atom stereocenters. The van der Waals surface area contributed by atoms with E-state index in [-0.39, 0.29) is 0 Å². The highest BCUT2D eigenvalue weighted by molar-refractivity contribution is 6.14. The topological polar surface area (TPSA) is 56.7 Å². The molecule has 3 heterocycles. The minimum atomic E-state index is 0.636. The normalized spacial score (nSPS) is 11.7. The minimum absolute atomic E-state index is 0.636. The average molecular weight is 767 g/mol. The van der Waals surface area contributed by atoms with Gasteiger partial charge in [0.15, 0.2) is 17.5 Å². The predicted octanol–water partition coefficient (Wildman–Crippen LogP) is 14.4. The summed E-state index contributed by atoms with van der Waals surface area (Å²) in [5, 5.41) is 7.04. The van der Waals surface area contributed by atoms with E-state index in [1.54, 1.807) is 0 Å². The van der Waals surface area contributed by atoms with Crippen LogP contribution in [0.25, 0.3) is 117 Å². The van der Waals surface area contributed by atoms with Crippen molar-refractivity contribution in [2.75, 3.05) is 0 Å². The second-order valence-electron chi connectivity index (χ2n) is 15.2. The van der Waals surface area contributed by atoms with Gasteiger partial charge in [0.25, 0.3) is 0 Å². The quantitative estimate of drug-likeness (QED) is 0.169. The zero-order valence-corrected chi connectivity index (χ0v) is 32.3. The molecule has 9 aromatic carbocycles. The van der Waals surface area contributed by atoms with Gasteiger partial charge < -0.3 is 8.98 Å². The van der Waals surface area contributed by atoms with Gasteiger partial charge in [-0.05, 0) is 75.5 Å². The monoisotopic (exact) mass is 766 g/mol. The molecule has 3 aromatic heterocycles. The molecule has 0 saturated heterocycles. The molecule has 5 heteroatoms. The fraction of sp³-hybridized carbons (Fsp3) is 0. The van der Waals surface area contributed by atoms with Crippen LogP contribution >= 0.6 is 0 Å². The van der Waals surface area contributed by atoms with Crippen molar-refractivity contribution in [2.45, 2.75) is 0 Å². The zero-order chi connectivity index (χ0) is 39.6. The van der Waals surface area contributed by atoms with Gasteiger partial charge in [-0.25, -0.2) is 15.0 Å². The highest BCUT2D eigenvalue weighted by Crippen LogP contribution is 2.40. The maximum Gasteiger partial charge on any atom is 0.164 e. The minimum Gasteiger partial charge on any atom is -0.456 e. The van der Waals surface area contributed by atoms with Gasteiger partial charge in [-0.1, -0.05) is 164 Å². The predicted molar refractivity (Wildman–Crippen MR) is 246 cm³/mol. The Hall–Kier alpha value is -8.15. The summed E-state index contributed by atoms with van der Waals surface area (Å²) < 4.78 is 8.64. The van der Waals surface area contributed by atoms with Gasteiger partial charge in [0, 0.05) is 43.9 Å². The lowest BCUT2D eigenvalue weighted by Crippen LogP contribution is -2.00. The number of nitrogens with zero attached hydrogens (tertiary/aromatic N) is 4. The fourth-order valence-electron chi connectivity index (χ4n) is 8.73. The van der Waals surface area contributed by atoms with Crippen molar-refractivity contribution in [3.63, 3.8) is 0 Å². The Kier molecular flexibility index (Phi) is 7.78. The molecule has 0 aliphatic heterocycles. The summed E-state index contributed by atoms with van der Waals surface area (Å²) in [6.07, 6.45) is 0. The number of rotatable bonds is 6. The molecule has 5 nitrogen and oxygen atoms in total. The molecule has 0 radical (unpaired) electrons. The fourth-order valence-corrected chi connectivity index (χ4v) is 8.73. The number of furan rings is 1. The summed E-state index contributed by atoms with van der Waals surface area (Å²) in [6, 6.07) is 72.3. The van der Waals surface area contributed by atoms with Crippen LogP contribution in [0.15, 0.2) is 211 Å². The maximum atomic E-state index is 6.26. The zero-order valence-electron chi connectivity index (χ0n) is 32.3. The van der Waals surface area contributed by atoms with Crippen molar-refractivity contribution in [2.24, 2.45) is 0 Å². The summed E-state index contributed by atoms with van der Waals surface area (Å²) in [5.74, 6) is 1.93. The molecule has 60 heavy (non-hydrogen) atoms. The highest BCUT2D eigenvalue weighted by Gasteiger charge is 2.17. The van der Waals surface area contributed by atoms with Crippen molar-refractivity contribution in [1.29, 1.82) is 0 Å². The Balaban J connectivity index is 0.910. The van der Waals surface area contributed by atoms with Gasteiger partial charge in [0.05, 0.1) is 11.0 Å².